The van der Waals surface area contributed by atoms with Gasteiger partial charge in [0.1, 0.15) is 0 Å². The largest absolute Gasteiger partial charge is 0.416 e. The highest BCUT2D eigenvalue weighted by Crippen LogP contribution is 2.36. The van der Waals surface area contributed by atoms with Crippen molar-refractivity contribution in [2.75, 3.05) is 0 Å². The maximum absolute atomic E-state index is 12.5. The fourth-order valence-corrected chi connectivity index (χ4v) is 1.94. The molecule has 0 saturated heterocycles. The molecule has 1 rings (SSSR count). The van der Waals surface area contributed by atoms with Crippen LogP contribution in [0.25, 0.3) is 0 Å². The summed E-state index contributed by atoms with van der Waals surface area (Å²) in [5.74, 6) is 0. The summed E-state index contributed by atoms with van der Waals surface area (Å²) in [6, 6.07) is 2.48. The normalized spacial score (nSPS) is 14.5. The van der Waals surface area contributed by atoms with Crippen LogP contribution in [0.5, 0.6) is 0 Å². The number of aliphatic hydroxyl groups excluding tert-OH is 1. The minimum absolute atomic E-state index is 0.134. The van der Waals surface area contributed by atoms with Crippen molar-refractivity contribution >= 4 is 15.9 Å². The van der Waals surface area contributed by atoms with Crippen LogP contribution in [-0.4, -0.2) is 11.3 Å². The van der Waals surface area contributed by atoms with Crippen molar-refractivity contribution in [1.82, 2.24) is 0 Å². The van der Waals surface area contributed by atoms with Gasteiger partial charge < -0.3 is 5.11 Å². The molecule has 0 aromatic heterocycles. The van der Waals surface area contributed by atoms with Gasteiger partial charge in [0, 0.05) is 10.9 Å². The van der Waals surface area contributed by atoms with E-state index in [0.717, 1.165) is 12.1 Å². The van der Waals surface area contributed by atoms with Gasteiger partial charge in [-0.05, 0) is 30.2 Å². The van der Waals surface area contributed by atoms with Gasteiger partial charge in [-0.3, -0.25) is 0 Å². The Morgan fingerprint density at radius 1 is 1.11 bits per heavy atom. The molecule has 0 radical (unpaired) electrons. The van der Waals surface area contributed by atoms with Crippen molar-refractivity contribution in [2.24, 2.45) is 0 Å². The van der Waals surface area contributed by atoms with Crippen molar-refractivity contribution < 1.29 is 31.4 Å². The molecule has 1 atom stereocenters. The Balaban J connectivity index is 2.93. The van der Waals surface area contributed by atoms with Crippen molar-refractivity contribution in [3.05, 3.63) is 33.8 Å². The monoisotopic (exact) mass is 350 g/mol. The standard InChI is InChI=1S/C11H9BrF6O/c12-8-2-1-6(11(16,17)18)5-7(8)9(19)3-4-10(13,14)15/h1-2,5,9,19H,3-4H2. The molecule has 0 aliphatic heterocycles. The first-order chi connectivity index (χ1) is 8.50. The predicted octanol–water partition coefficient (Wildman–Crippen LogP) is 4.84. The molecule has 0 aliphatic rings. The van der Waals surface area contributed by atoms with Crippen LogP contribution < -0.4 is 0 Å². The second kappa shape index (κ2) is 5.70. The van der Waals surface area contributed by atoms with E-state index in [4.69, 9.17) is 0 Å². The maximum Gasteiger partial charge on any atom is 0.416 e. The topological polar surface area (TPSA) is 20.2 Å². The summed E-state index contributed by atoms with van der Waals surface area (Å²) in [6.45, 7) is 0. The molecule has 0 spiro atoms. The second-order valence-electron chi connectivity index (χ2n) is 3.90. The van der Waals surface area contributed by atoms with Gasteiger partial charge in [-0.15, -0.1) is 0 Å². The lowest BCUT2D eigenvalue weighted by molar-refractivity contribution is -0.141. The Hall–Kier alpha value is -0.760. The molecule has 19 heavy (non-hydrogen) atoms. The van der Waals surface area contributed by atoms with Crippen molar-refractivity contribution in [3.8, 4) is 0 Å². The lowest BCUT2D eigenvalue weighted by Gasteiger charge is -2.16. The first-order valence-electron chi connectivity index (χ1n) is 5.12. The fourth-order valence-electron chi connectivity index (χ4n) is 1.43. The van der Waals surface area contributed by atoms with Crippen molar-refractivity contribution in [1.29, 1.82) is 0 Å². The van der Waals surface area contributed by atoms with E-state index in [2.05, 4.69) is 15.9 Å². The number of halogens is 7. The summed E-state index contributed by atoms with van der Waals surface area (Å²) >= 11 is 2.91. The van der Waals surface area contributed by atoms with E-state index in [0.29, 0.717) is 6.07 Å². The Kier molecular flexibility index (Phi) is 4.89. The number of benzene rings is 1. The predicted molar refractivity (Wildman–Crippen MR) is 59.4 cm³/mol. The first kappa shape index (κ1) is 16.3. The Labute approximate surface area is 113 Å². The van der Waals surface area contributed by atoms with Crippen LogP contribution in [0.3, 0.4) is 0 Å². The zero-order valence-corrected chi connectivity index (χ0v) is 10.9. The van der Waals surface area contributed by atoms with Gasteiger partial charge in [0.25, 0.3) is 0 Å². The van der Waals surface area contributed by atoms with E-state index < -0.39 is 36.9 Å². The SMILES string of the molecule is OC(CCC(F)(F)F)c1cc(C(F)(F)F)ccc1Br. The molecule has 0 bridgehead atoms. The van der Waals surface area contributed by atoms with Crippen LogP contribution in [0.15, 0.2) is 22.7 Å². The third-order valence-electron chi connectivity index (χ3n) is 2.38. The van der Waals surface area contributed by atoms with E-state index in [-0.39, 0.29) is 10.0 Å². The average Bonchev–Trinajstić information content (AvgIpc) is 2.24. The van der Waals surface area contributed by atoms with Crippen LogP contribution in [0.1, 0.15) is 30.1 Å². The number of hydrogen-bond acceptors (Lipinski definition) is 1. The Morgan fingerprint density at radius 2 is 1.68 bits per heavy atom. The molecule has 0 fully saturated rings. The molecule has 1 aromatic rings. The summed E-state index contributed by atoms with van der Waals surface area (Å²) in [4.78, 5) is 0. The third-order valence-corrected chi connectivity index (χ3v) is 3.11. The molecular formula is C11H9BrF6O. The second-order valence-corrected chi connectivity index (χ2v) is 4.76. The van der Waals surface area contributed by atoms with Gasteiger partial charge in [-0.25, -0.2) is 0 Å². The molecule has 8 heteroatoms. The highest BCUT2D eigenvalue weighted by molar-refractivity contribution is 9.10. The van der Waals surface area contributed by atoms with Gasteiger partial charge in [-0.1, -0.05) is 15.9 Å². The minimum atomic E-state index is -4.61. The van der Waals surface area contributed by atoms with E-state index in [1.807, 2.05) is 0 Å². The Bertz CT molecular complexity index is 440. The minimum Gasteiger partial charge on any atom is -0.388 e. The summed E-state index contributed by atoms with van der Waals surface area (Å²) in [5.41, 5.74) is -1.23. The van der Waals surface area contributed by atoms with Crippen LogP contribution in [0.4, 0.5) is 26.3 Å². The molecule has 1 unspecified atom stereocenters. The highest BCUT2D eigenvalue weighted by Gasteiger charge is 2.32. The Morgan fingerprint density at radius 3 is 2.16 bits per heavy atom. The van der Waals surface area contributed by atoms with E-state index in [9.17, 15) is 31.4 Å². The maximum atomic E-state index is 12.5. The molecule has 108 valence electrons. The number of aliphatic hydroxyl groups is 1. The number of alkyl halides is 6. The van der Waals surface area contributed by atoms with E-state index >= 15 is 0 Å². The number of rotatable bonds is 3. The molecule has 0 amide bonds. The van der Waals surface area contributed by atoms with E-state index in [1.54, 1.807) is 0 Å². The zero-order chi connectivity index (χ0) is 14.8. The molecule has 0 saturated carbocycles. The van der Waals surface area contributed by atoms with Gasteiger partial charge in [-0.2, -0.15) is 26.3 Å². The average molecular weight is 351 g/mol. The van der Waals surface area contributed by atoms with Gasteiger partial charge in [0.15, 0.2) is 0 Å². The van der Waals surface area contributed by atoms with Gasteiger partial charge >= 0.3 is 12.4 Å². The quantitative estimate of drug-likeness (QED) is 0.773. The summed E-state index contributed by atoms with van der Waals surface area (Å²) in [6.07, 6.45) is -12.6. The molecule has 0 heterocycles. The lowest BCUT2D eigenvalue weighted by Crippen LogP contribution is -2.11. The summed E-state index contributed by atoms with van der Waals surface area (Å²) in [5, 5.41) is 9.56. The summed E-state index contributed by atoms with van der Waals surface area (Å²) < 4.78 is 73.5. The molecule has 1 aromatic carbocycles. The highest BCUT2D eigenvalue weighted by atomic mass is 79.9. The van der Waals surface area contributed by atoms with Crippen molar-refractivity contribution in [2.45, 2.75) is 31.3 Å². The third kappa shape index (κ3) is 5.02. The fraction of sp³-hybridized carbons (Fsp3) is 0.455. The van der Waals surface area contributed by atoms with Crippen molar-refractivity contribution in [3.63, 3.8) is 0 Å². The van der Waals surface area contributed by atoms with Crippen LogP contribution in [0, 0.1) is 0 Å². The van der Waals surface area contributed by atoms with Gasteiger partial charge in [0.05, 0.1) is 11.7 Å². The molecule has 1 N–H and O–H groups in total. The van der Waals surface area contributed by atoms with Crippen LogP contribution in [-0.2, 0) is 6.18 Å². The summed E-state index contributed by atoms with van der Waals surface area (Å²) in [7, 11) is 0. The molecule has 1 nitrogen and oxygen atoms in total. The van der Waals surface area contributed by atoms with Gasteiger partial charge in [0.2, 0.25) is 0 Å². The first-order valence-corrected chi connectivity index (χ1v) is 5.91. The lowest BCUT2D eigenvalue weighted by atomic mass is 10.0. The number of hydrogen-bond donors (Lipinski definition) is 1. The zero-order valence-electron chi connectivity index (χ0n) is 9.32. The van der Waals surface area contributed by atoms with E-state index in [1.165, 1.54) is 0 Å². The van der Waals surface area contributed by atoms with Crippen LogP contribution >= 0.6 is 15.9 Å². The molecular weight excluding hydrogens is 342 g/mol. The molecule has 0 aliphatic carbocycles. The van der Waals surface area contributed by atoms with Crippen LogP contribution in [0.2, 0.25) is 0 Å². The smallest absolute Gasteiger partial charge is 0.388 e.